The van der Waals surface area contributed by atoms with Crippen molar-refractivity contribution in [2.75, 3.05) is 6.54 Å². The van der Waals surface area contributed by atoms with Gasteiger partial charge in [0, 0.05) is 17.7 Å². The van der Waals surface area contributed by atoms with Crippen LogP contribution in [0.15, 0.2) is 24.3 Å². The van der Waals surface area contributed by atoms with E-state index >= 15 is 0 Å². The first-order valence-electron chi connectivity index (χ1n) is 6.74. The van der Waals surface area contributed by atoms with Gasteiger partial charge in [-0.3, -0.25) is 4.79 Å². The van der Waals surface area contributed by atoms with Crippen molar-refractivity contribution >= 4 is 23.1 Å². The van der Waals surface area contributed by atoms with Crippen LogP contribution >= 0.6 is 12.2 Å². The number of thiocarbonyl (C=S) groups is 1. The first-order chi connectivity index (χ1) is 9.06. The number of carbonyl (C=O) groups excluding carboxylic acids is 1. The Bertz CT molecular complexity index is 477. The maximum Gasteiger partial charge on any atom is 0.251 e. The van der Waals surface area contributed by atoms with Gasteiger partial charge in [0.25, 0.3) is 5.91 Å². The van der Waals surface area contributed by atoms with Crippen LogP contribution in [0.25, 0.3) is 0 Å². The molecule has 0 aliphatic heterocycles. The van der Waals surface area contributed by atoms with Gasteiger partial charge in [-0.05, 0) is 36.8 Å². The fourth-order valence-electron chi connectivity index (χ4n) is 2.38. The predicted molar refractivity (Wildman–Crippen MR) is 81.2 cm³/mol. The molecule has 1 aliphatic rings. The van der Waals surface area contributed by atoms with Gasteiger partial charge in [0.2, 0.25) is 0 Å². The van der Waals surface area contributed by atoms with E-state index in [4.69, 9.17) is 18.0 Å². The molecule has 3 nitrogen and oxygen atoms in total. The molecule has 1 fully saturated rings. The van der Waals surface area contributed by atoms with Gasteiger partial charge >= 0.3 is 0 Å². The molecule has 102 valence electrons. The lowest BCUT2D eigenvalue weighted by Gasteiger charge is -2.14. The molecule has 1 aromatic rings. The number of amides is 1. The number of hydrogen-bond donors (Lipinski definition) is 2. The van der Waals surface area contributed by atoms with Gasteiger partial charge in [-0.2, -0.15) is 0 Å². The lowest BCUT2D eigenvalue weighted by Crippen LogP contribution is -2.30. The molecule has 0 heterocycles. The van der Waals surface area contributed by atoms with Crippen LogP contribution in [0.4, 0.5) is 0 Å². The number of rotatable bonds is 6. The summed E-state index contributed by atoms with van der Waals surface area (Å²) in [5.74, 6) is -0.0168. The highest BCUT2D eigenvalue weighted by Crippen LogP contribution is 2.48. The number of benzene rings is 1. The molecule has 0 aromatic heterocycles. The molecule has 1 saturated carbocycles. The first-order valence-corrected chi connectivity index (χ1v) is 7.15. The van der Waals surface area contributed by atoms with Crippen molar-refractivity contribution in [3.63, 3.8) is 0 Å². The topological polar surface area (TPSA) is 55.1 Å². The largest absolute Gasteiger partial charge is 0.389 e. The summed E-state index contributed by atoms with van der Waals surface area (Å²) in [6, 6.07) is 7.11. The quantitative estimate of drug-likeness (QED) is 0.785. The Kier molecular flexibility index (Phi) is 4.20. The molecule has 1 amide bonds. The Morgan fingerprint density at radius 2 is 1.89 bits per heavy atom. The Balaban J connectivity index is 1.91. The SMILES string of the molecule is CCCC1(CNC(=O)c2ccc(C(N)=S)cc2)CC1. The van der Waals surface area contributed by atoms with Crippen molar-refractivity contribution < 1.29 is 4.79 Å². The second-order valence-corrected chi connectivity index (χ2v) is 5.81. The maximum absolute atomic E-state index is 12.0. The van der Waals surface area contributed by atoms with Crippen LogP contribution in [0.1, 0.15) is 48.5 Å². The third-order valence-electron chi connectivity index (χ3n) is 3.79. The maximum atomic E-state index is 12.0. The average Bonchev–Trinajstić information content (AvgIpc) is 3.17. The molecule has 4 heteroatoms. The van der Waals surface area contributed by atoms with E-state index in [0.717, 1.165) is 12.1 Å². The van der Waals surface area contributed by atoms with Gasteiger partial charge in [0.05, 0.1) is 0 Å². The fourth-order valence-corrected chi connectivity index (χ4v) is 2.51. The van der Waals surface area contributed by atoms with E-state index in [1.165, 1.54) is 25.7 Å². The zero-order valence-corrected chi connectivity index (χ0v) is 12.1. The minimum Gasteiger partial charge on any atom is -0.389 e. The van der Waals surface area contributed by atoms with Gasteiger partial charge in [-0.1, -0.05) is 37.7 Å². The zero-order valence-electron chi connectivity index (χ0n) is 11.2. The summed E-state index contributed by atoms with van der Waals surface area (Å²) >= 11 is 4.89. The summed E-state index contributed by atoms with van der Waals surface area (Å²) in [5.41, 5.74) is 7.35. The minimum atomic E-state index is -0.0168. The van der Waals surface area contributed by atoms with Crippen molar-refractivity contribution in [3.8, 4) is 0 Å². The van der Waals surface area contributed by atoms with Gasteiger partial charge < -0.3 is 11.1 Å². The standard InChI is InChI=1S/C15H20N2OS/c1-2-7-15(8-9-15)10-17-14(18)12-5-3-11(4-6-12)13(16)19/h3-6H,2,7-10H2,1H3,(H2,16,19)(H,17,18). The molecular weight excluding hydrogens is 256 g/mol. The lowest BCUT2D eigenvalue weighted by atomic mass is 10.0. The summed E-state index contributed by atoms with van der Waals surface area (Å²) in [4.78, 5) is 12.4. The first kappa shape index (κ1) is 14.0. The van der Waals surface area contributed by atoms with Crippen molar-refractivity contribution in [1.29, 1.82) is 0 Å². The van der Waals surface area contributed by atoms with Gasteiger partial charge in [-0.15, -0.1) is 0 Å². The molecule has 0 saturated heterocycles. The van der Waals surface area contributed by atoms with E-state index in [0.29, 0.717) is 16.0 Å². The minimum absolute atomic E-state index is 0.0168. The van der Waals surface area contributed by atoms with Gasteiger partial charge in [0.15, 0.2) is 0 Å². The fraction of sp³-hybridized carbons (Fsp3) is 0.467. The smallest absolute Gasteiger partial charge is 0.251 e. The normalized spacial score (nSPS) is 15.8. The molecule has 1 aromatic carbocycles. The Morgan fingerprint density at radius 1 is 1.32 bits per heavy atom. The van der Waals surface area contributed by atoms with Crippen LogP contribution in [0.2, 0.25) is 0 Å². The summed E-state index contributed by atoms with van der Waals surface area (Å²) in [6.45, 7) is 2.98. The van der Waals surface area contributed by atoms with E-state index in [1.807, 2.05) is 0 Å². The summed E-state index contributed by atoms with van der Waals surface area (Å²) in [7, 11) is 0. The summed E-state index contributed by atoms with van der Waals surface area (Å²) < 4.78 is 0. The number of nitrogens with one attached hydrogen (secondary N) is 1. The van der Waals surface area contributed by atoms with Crippen molar-refractivity contribution in [3.05, 3.63) is 35.4 Å². The second kappa shape index (κ2) is 5.70. The average molecular weight is 276 g/mol. The summed E-state index contributed by atoms with van der Waals surface area (Å²) in [5, 5.41) is 3.03. The molecule has 0 unspecified atom stereocenters. The highest BCUT2D eigenvalue weighted by atomic mass is 32.1. The molecule has 0 atom stereocenters. The lowest BCUT2D eigenvalue weighted by molar-refractivity contribution is 0.0943. The van der Waals surface area contributed by atoms with Crippen LogP contribution in [0.5, 0.6) is 0 Å². The van der Waals surface area contributed by atoms with Crippen LogP contribution in [0.3, 0.4) is 0 Å². The Morgan fingerprint density at radius 3 is 2.37 bits per heavy atom. The number of hydrogen-bond acceptors (Lipinski definition) is 2. The third-order valence-corrected chi connectivity index (χ3v) is 4.03. The highest BCUT2D eigenvalue weighted by Gasteiger charge is 2.41. The molecule has 0 radical (unpaired) electrons. The molecule has 19 heavy (non-hydrogen) atoms. The van der Waals surface area contributed by atoms with Crippen molar-refractivity contribution in [2.24, 2.45) is 11.1 Å². The van der Waals surface area contributed by atoms with Crippen molar-refractivity contribution in [2.45, 2.75) is 32.6 Å². The molecule has 2 rings (SSSR count). The van der Waals surface area contributed by atoms with Gasteiger partial charge in [0.1, 0.15) is 4.99 Å². The van der Waals surface area contributed by atoms with Crippen LogP contribution in [-0.4, -0.2) is 17.4 Å². The molecule has 0 bridgehead atoms. The molecule has 1 aliphatic carbocycles. The zero-order chi connectivity index (χ0) is 13.9. The monoisotopic (exact) mass is 276 g/mol. The van der Waals surface area contributed by atoms with E-state index in [-0.39, 0.29) is 5.91 Å². The Labute approximate surface area is 119 Å². The van der Waals surface area contributed by atoms with Gasteiger partial charge in [-0.25, -0.2) is 0 Å². The van der Waals surface area contributed by atoms with E-state index in [9.17, 15) is 4.79 Å². The van der Waals surface area contributed by atoms with Crippen LogP contribution < -0.4 is 11.1 Å². The Hall–Kier alpha value is -1.42. The predicted octanol–water partition coefficient (Wildman–Crippen LogP) is 2.63. The van der Waals surface area contributed by atoms with E-state index in [1.54, 1.807) is 24.3 Å². The summed E-state index contributed by atoms with van der Waals surface area (Å²) in [6.07, 6.45) is 4.86. The highest BCUT2D eigenvalue weighted by molar-refractivity contribution is 7.80. The molecule has 0 spiro atoms. The van der Waals surface area contributed by atoms with Crippen LogP contribution in [0, 0.1) is 5.41 Å². The van der Waals surface area contributed by atoms with E-state index in [2.05, 4.69) is 12.2 Å². The van der Waals surface area contributed by atoms with E-state index < -0.39 is 0 Å². The molecule has 3 N–H and O–H groups in total. The second-order valence-electron chi connectivity index (χ2n) is 5.37. The third kappa shape index (κ3) is 3.53. The number of nitrogens with two attached hydrogens (primary N) is 1. The molecular formula is C15H20N2OS. The van der Waals surface area contributed by atoms with Crippen molar-refractivity contribution in [1.82, 2.24) is 5.32 Å². The van der Waals surface area contributed by atoms with Crippen LogP contribution in [-0.2, 0) is 0 Å². The number of carbonyl (C=O) groups is 1.